The van der Waals surface area contributed by atoms with Crippen molar-refractivity contribution >= 4 is 17.4 Å². The Bertz CT molecular complexity index is 504. The summed E-state index contributed by atoms with van der Waals surface area (Å²) in [5.41, 5.74) is 7.31. The molecule has 4 nitrogen and oxygen atoms in total. The molecule has 1 aliphatic heterocycles. The molecule has 2 unspecified atom stereocenters. The average Bonchev–Trinajstić information content (AvgIpc) is 2.80. The molecule has 3 N–H and O–H groups in total. The number of nitrogens with zero attached hydrogens (tertiary/aromatic N) is 2. The summed E-state index contributed by atoms with van der Waals surface area (Å²) in [4.78, 5) is 2.52. The zero-order valence-corrected chi connectivity index (χ0v) is 12.8. The van der Waals surface area contributed by atoms with Crippen molar-refractivity contribution in [3.05, 3.63) is 34.3 Å². The highest BCUT2D eigenvalue weighted by Gasteiger charge is 2.29. The van der Waals surface area contributed by atoms with Gasteiger partial charge in [-0.25, -0.2) is 0 Å². The number of benzene rings is 1. The third kappa shape index (κ3) is 3.07. The van der Waals surface area contributed by atoms with E-state index in [-0.39, 0.29) is 5.84 Å². The maximum Gasteiger partial charge on any atom is 0.170 e. The number of oxime groups is 1. The smallest absolute Gasteiger partial charge is 0.170 e. The lowest BCUT2D eigenvalue weighted by molar-refractivity contribution is 0.189. The predicted octanol–water partition coefficient (Wildman–Crippen LogP) is 3.20. The second-order valence-electron chi connectivity index (χ2n) is 5.45. The number of halogens is 1. The molecule has 1 aromatic rings. The van der Waals surface area contributed by atoms with Crippen LogP contribution in [0.15, 0.2) is 23.4 Å². The number of likely N-dealkylation sites (tertiary alicyclic amines) is 1. The summed E-state index contributed by atoms with van der Waals surface area (Å²) in [6, 6.07) is 6.81. The molecule has 1 saturated heterocycles. The zero-order valence-electron chi connectivity index (χ0n) is 12.0. The van der Waals surface area contributed by atoms with Crippen LogP contribution in [0.2, 0.25) is 5.02 Å². The Hall–Kier alpha value is -1.26. The van der Waals surface area contributed by atoms with E-state index in [9.17, 15) is 0 Å². The van der Waals surface area contributed by atoms with Crippen LogP contribution < -0.4 is 5.73 Å². The summed E-state index contributed by atoms with van der Waals surface area (Å²) in [5.74, 6) is 0.0828. The van der Waals surface area contributed by atoms with E-state index in [1.165, 1.54) is 19.3 Å². The van der Waals surface area contributed by atoms with Crippen LogP contribution >= 0.6 is 11.6 Å². The van der Waals surface area contributed by atoms with Gasteiger partial charge in [0.25, 0.3) is 0 Å². The van der Waals surface area contributed by atoms with Crippen molar-refractivity contribution in [2.45, 2.75) is 51.7 Å². The highest BCUT2D eigenvalue weighted by molar-refractivity contribution is 6.31. The van der Waals surface area contributed by atoms with Gasteiger partial charge in [-0.2, -0.15) is 0 Å². The Labute approximate surface area is 125 Å². The minimum atomic E-state index is 0.0828. The molecule has 0 saturated carbocycles. The largest absolute Gasteiger partial charge is 0.409 e. The minimum Gasteiger partial charge on any atom is -0.409 e. The van der Waals surface area contributed by atoms with Gasteiger partial charge in [-0.05, 0) is 37.8 Å². The third-order valence-electron chi connectivity index (χ3n) is 4.23. The molecular formula is C15H22ClN3O. The van der Waals surface area contributed by atoms with Crippen LogP contribution in [0.4, 0.5) is 0 Å². The molecule has 0 radical (unpaired) electrons. The topological polar surface area (TPSA) is 61.8 Å². The Kier molecular flexibility index (Phi) is 4.89. The van der Waals surface area contributed by atoms with Gasteiger partial charge in [-0.1, -0.05) is 35.8 Å². The van der Waals surface area contributed by atoms with Crippen molar-refractivity contribution in [1.82, 2.24) is 4.90 Å². The maximum absolute atomic E-state index is 8.69. The van der Waals surface area contributed by atoms with Gasteiger partial charge in [0.05, 0.1) is 0 Å². The molecule has 20 heavy (non-hydrogen) atoms. The van der Waals surface area contributed by atoms with Gasteiger partial charge in [0, 0.05) is 29.2 Å². The van der Waals surface area contributed by atoms with E-state index in [1.807, 2.05) is 12.1 Å². The van der Waals surface area contributed by atoms with Crippen LogP contribution in [0.5, 0.6) is 0 Å². The van der Waals surface area contributed by atoms with E-state index in [2.05, 4.69) is 23.9 Å². The summed E-state index contributed by atoms with van der Waals surface area (Å²) in [6.07, 6.45) is 3.68. The first-order valence-corrected chi connectivity index (χ1v) is 7.46. The lowest BCUT2D eigenvalue weighted by Crippen LogP contribution is -2.33. The summed E-state index contributed by atoms with van der Waals surface area (Å²) in [5, 5.41) is 12.4. The van der Waals surface area contributed by atoms with E-state index < -0.39 is 0 Å². The molecular weight excluding hydrogens is 274 g/mol. The predicted molar refractivity (Wildman–Crippen MR) is 82.3 cm³/mol. The van der Waals surface area contributed by atoms with Gasteiger partial charge in [0.1, 0.15) is 0 Å². The van der Waals surface area contributed by atoms with Gasteiger partial charge >= 0.3 is 0 Å². The molecule has 0 aliphatic carbocycles. The molecule has 0 bridgehead atoms. The maximum atomic E-state index is 8.69. The summed E-state index contributed by atoms with van der Waals surface area (Å²) < 4.78 is 0. The molecule has 2 atom stereocenters. The first-order valence-electron chi connectivity index (χ1n) is 7.08. The summed E-state index contributed by atoms with van der Waals surface area (Å²) in [7, 11) is 0. The Morgan fingerprint density at radius 3 is 2.85 bits per heavy atom. The van der Waals surface area contributed by atoms with E-state index in [1.54, 1.807) is 6.07 Å². The van der Waals surface area contributed by atoms with Crippen molar-refractivity contribution < 1.29 is 5.21 Å². The molecule has 110 valence electrons. The standard InChI is InChI=1S/C15H22ClN3O/c1-3-13-7-4-10(2)19(13)9-12-6-5-11(8-14(12)16)15(17)18-20/h5-6,8,10,13,20H,3-4,7,9H2,1-2H3,(H2,17,18). The highest BCUT2D eigenvalue weighted by atomic mass is 35.5. The molecule has 2 rings (SSSR count). The molecule has 1 heterocycles. The quantitative estimate of drug-likeness (QED) is 0.388. The van der Waals surface area contributed by atoms with Crippen molar-refractivity contribution in [3.8, 4) is 0 Å². The van der Waals surface area contributed by atoms with Crippen LogP contribution in [0, 0.1) is 0 Å². The SMILES string of the molecule is CCC1CCC(C)N1Cc1ccc(/C(N)=N/O)cc1Cl. The Morgan fingerprint density at radius 1 is 1.50 bits per heavy atom. The minimum absolute atomic E-state index is 0.0828. The summed E-state index contributed by atoms with van der Waals surface area (Å²) >= 11 is 6.33. The highest BCUT2D eigenvalue weighted by Crippen LogP contribution is 2.29. The van der Waals surface area contributed by atoms with Crippen LogP contribution in [0.3, 0.4) is 0 Å². The Morgan fingerprint density at radius 2 is 2.25 bits per heavy atom. The first kappa shape index (κ1) is 15.1. The van der Waals surface area contributed by atoms with E-state index in [0.29, 0.717) is 22.7 Å². The molecule has 5 heteroatoms. The number of rotatable bonds is 4. The first-order chi connectivity index (χ1) is 9.56. The van der Waals surface area contributed by atoms with Crippen molar-refractivity contribution in [2.75, 3.05) is 0 Å². The fraction of sp³-hybridized carbons (Fsp3) is 0.533. The van der Waals surface area contributed by atoms with Crippen LogP contribution in [0.1, 0.15) is 44.2 Å². The zero-order chi connectivity index (χ0) is 14.7. The number of nitrogens with two attached hydrogens (primary N) is 1. The third-order valence-corrected chi connectivity index (χ3v) is 4.59. The monoisotopic (exact) mass is 295 g/mol. The number of amidine groups is 1. The van der Waals surface area contributed by atoms with Gasteiger partial charge in [0.2, 0.25) is 0 Å². The van der Waals surface area contributed by atoms with Crippen LogP contribution in [0.25, 0.3) is 0 Å². The van der Waals surface area contributed by atoms with Crippen LogP contribution in [-0.4, -0.2) is 28.0 Å². The van der Waals surface area contributed by atoms with Gasteiger partial charge in [-0.15, -0.1) is 0 Å². The van der Waals surface area contributed by atoms with Gasteiger partial charge in [0.15, 0.2) is 5.84 Å². The lowest BCUT2D eigenvalue weighted by atomic mass is 10.1. The molecule has 0 spiro atoms. The fourth-order valence-corrected chi connectivity index (χ4v) is 3.18. The van der Waals surface area contributed by atoms with Crippen molar-refractivity contribution in [3.63, 3.8) is 0 Å². The van der Waals surface area contributed by atoms with Crippen LogP contribution in [-0.2, 0) is 6.54 Å². The van der Waals surface area contributed by atoms with Gasteiger partial charge < -0.3 is 10.9 Å². The normalized spacial score (nSPS) is 24.2. The second-order valence-corrected chi connectivity index (χ2v) is 5.86. The van der Waals surface area contributed by atoms with E-state index >= 15 is 0 Å². The second kappa shape index (κ2) is 6.46. The summed E-state index contributed by atoms with van der Waals surface area (Å²) in [6.45, 7) is 5.36. The molecule has 0 aromatic heterocycles. The number of hydrogen-bond acceptors (Lipinski definition) is 3. The Balaban J connectivity index is 2.17. The molecule has 1 aliphatic rings. The number of hydrogen-bond donors (Lipinski definition) is 2. The average molecular weight is 296 g/mol. The molecule has 1 fully saturated rings. The molecule has 1 aromatic carbocycles. The van der Waals surface area contributed by atoms with Crippen molar-refractivity contribution in [1.29, 1.82) is 0 Å². The van der Waals surface area contributed by atoms with E-state index in [0.717, 1.165) is 12.1 Å². The van der Waals surface area contributed by atoms with Crippen molar-refractivity contribution in [2.24, 2.45) is 10.9 Å². The van der Waals surface area contributed by atoms with Gasteiger partial charge in [-0.3, -0.25) is 4.90 Å². The lowest BCUT2D eigenvalue weighted by Gasteiger charge is -2.28. The fourth-order valence-electron chi connectivity index (χ4n) is 2.94. The van der Waals surface area contributed by atoms with E-state index in [4.69, 9.17) is 22.5 Å². The molecule has 0 amide bonds.